The van der Waals surface area contributed by atoms with Crippen LogP contribution in [0, 0.1) is 0 Å². The Bertz CT molecular complexity index is 5690. The zero-order valence-corrected chi connectivity index (χ0v) is 72.3. The maximum atomic E-state index is 12.3. The van der Waals surface area contributed by atoms with Crippen LogP contribution in [0.25, 0.3) is 44.7 Å². The molecule has 4 amide bonds. The number of aromatic nitrogens is 16. The second-order valence-electron chi connectivity index (χ2n) is 26.8. The third-order valence-electron chi connectivity index (χ3n) is 17.4. The molecule has 0 saturated heterocycles. The van der Waals surface area contributed by atoms with Crippen LogP contribution in [0.15, 0.2) is 141 Å². The van der Waals surface area contributed by atoms with Gasteiger partial charge in [0.05, 0.1) is 73.7 Å². The number of hydrogen-bond acceptors (Lipinski definition) is 40. The van der Waals surface area contributed by atoms with Gasteiger partial charge in [-0.2, -0.15) is 19.9 Å². The maximum absolute atomic E-state index is 12.3. The maximum Gasteiger partial charge on any atom is 2.00 e. The number of nitrogens with two attached hydrogens (primary N) is 4. The van der Waals surface area contributed by atoms with Crippen molar-refractivity contribution in [1.82, 2.24) is 101 Å². The van der Waals surface area contributed by atoms with E-state index in [-0.39, 0.29) is 224 Å². The van der Waals surface area contributed by atoms with Gasteiger partial charge in [0.25, 0.3) is 45.9 Å². The zero-order valence-electron chi connectivity index (χ0n) is 67.9. The van der Waals surface area contributed by atoms with Crippen molar-refractivity contribution in [1.29, 1.82) is 0 Å². The van der Waals surface area contributed by atoms with Crippen LogP contribution < -0.4 is 108 Å². The molecule has 0 aliphatic rings. The summed E-state index contributed by atoms with van der Waals surface area (Å²) in [6.45, 7) is 0.899. The molecule has 0 spiro atoms. The Morgan fingerprint density at radius 2 is 0.481 bits per heavy atom. The van der Waals surface area contributed by atoms with E-state index < -0.39 is 143 Å². The number of carboxylic acid groups (broad SMARTS) is 8. The normalized spacial score (nSPS) is 11.4. The van der Waals surface area contributed by atoms with Crippen LogP contribution in [0.2, 0.25) is 0 Å². The van der Waals surface area contributed by atoms with Gasteiger partial charge < -0.3 is 131 Å². The fraction of sp³-hybridized carbons (Fsp3) is 0.211. The van der Waals surface area contributed by atoms with E-state index in [9.17, 15) is 97.1 Å². The molecule has 55 heteroatoms. The van der Waals surface area contributed by atoms with Gasteiger partial charge in [0.15, 0.2) is 44.7 Å². The first kappa shape index (κ1) is 104. The first-order chi connectivity index (χ1) is 60.9. The van der Waals surface area contributed by atoms with Crippen LogP contribution in [0.5, 0.6) is 0 Å². The van der Waals surface area contributed by atoms with Crippen LogP contribution in [0.1, 0.15) is 116 Å². The van der Waals surface area contributed by atoms with E-state index in [1.807, 2.05) is 0 Å². The van der Waals surface area contributed by atoms with Crippen molar-refractivity contribution in [3.8, 4) is 0 Å². The van der Waals surface area contributed by atoms with Crippen LogP contribution in [-0.2, 0) is 64.5 Å². The van der Waals surface area contributed by atoms with Crippen molar-refractivity contribution in [3.05, 3.63) is 208 Å². The molecule has 0 fully saturated rings. The molecule has 53 nitrogen and oxygen atoms in total. The molecule has 0 aliphatic heterocycles. The SMILES string of the molecule is Nc1nc2ncc(CNc3ccc(C(=O)N[C@@H](CCC(=O)[O-])C(=O)O)cc3)nc2c(=O)[nH]1.Nc1nc2ncc(CNc3ccc(C(=O)N[C@@H](CCC(=O)[O-])C(=O)O)cc3)nc2c(=O)[nH]1.Nc1nc2ncc(CNc3ccc(C(=O)N[C@@H](CCC(=O)[O-])C(=O)O)cc3)nc2c(=O)[nH]1.Nc1nc2ncc(CNc3ccc(C(=O)N[C@@H](CCC(=O)[O-])C(=O)O)cc3)nc2c(=O)[nH]1.O.[Ca+2].[Ca+2]. The molecule has 8 aromatic heterocycles. The van der Waals surface area contributed by atoms with E-state index in [0.717, 1.165) is 0 Å². The average Bonchev–Trinajstić information content (AvgIpc) is 0.819. The number of carbonyl (C=O) groups excluding carboxylic acids is 8. The number of carbonyl (C=O) groups is 12. The summed E-state index contributed by atoms with van der Waals surface area (Å²) in [5.41, 5.74) is 25.7. The molecule has 0 aliphatic carbocycles. The van der Waals surface area contributed by atoms with E-state index in [1.54, 1.807) is 48.5 Å². The van der Waals surface area contributed by atoms with E-state index in [4.69, 9.17) is 43.4 Å². The summed E-state index contributed by atoms with van der Waals surface area (Å²) >= 11 is 0. The monoisotopic (exact) mass is 1860 g/mol. The molecule has 0 radical (unpaired) electrons. The Balaban J connectivity index is 0.000000267. The number of amides is 4. The van der Waals surface area contributed by atoms with Crippen LogP contribution in [-0.4, -0.2) is 277 Å². The molecule has 8 heterocycles. The molecule has 0 unspecified atom stereocenters. The van der Waals surface area contributed by atoms with E-state index in [0.29, 0.717) is 45.5 Å². The molecule has 12 rings (SSSR count). The fourth-order valence-corrected chi connectivity index (χ4v) is 11.0. The minimum absolute atomic E-state index is 0. The summed E-state index contributed by atoms with van der Waals surface area (Å²) in [5, 5.41) is 99.9. The molecule has 672 valence electrons. The third-order valence-corrected chi connectivity index (χ3v) is 17.4. The molecule has 4 atom stereocenters. The van der Waals surface area contributed by atoms with Gasteiger partial charge in [0, 0.05) is 68.9 Å². The van der Waals surface area contributed by atoms with Crippen molar-refractivity contribution in [3.63, 3.8) is 0 Å². The van der Waals surface area contributed by atoms with Crippen molar-refractivity contribution in [2.24, 2.45) is 0 Å². The Morgan fingerprint density at radius 1 is 0.305 bits per heavy atom. The largest absolute Gasteiger partial charge is 2.00 e. The van der Waals surface area contributed by atoms with Crippen molar-refractivity contribution >= 4 is 238 Å². The summed E-state index contributed by atoms with van der Waals surface area (Å²) in [4.78, 5) is 242. The first-order valence-electron chi connectivity index (χ1n) is 37.3. The number of nitrogen functional groups attached to an aromatic ring is 4. The van der Waals surface area contributed by atoms with Gasteiger partial charge in [-0.15, -0.1) is 0 Å². The topological polar surface area (TPSA) is 896 Å². The van der Waals surface area contributed by atoms with E-state index >= 15 is 0 Å². The number of carboxylic acids is 8. The summed E-state index contributed by atoms with van der Waals surface area (Å²) in [7, 11) is 0. The smallest absolute Gasteiger partial charge is 0.550 e. The van der Waals surface area contributed by atoms with Crippen LogP contribution >= 0.6 is 0 Å². The second-order valence-corrected chi connectivity index (χ2v) is 26.8. The van der Waals surface area contributed by atoms with Gasteiger partial charge in [-0.3, -0.25) is 58.3 Å². The number of nitrogens with one attached hydrogen (secondary N) is 12. The predicted molar refractivity (Wildman–Crippen MR) is 452 cm³/mol. The Hall–Kier alpha value is -15.7. The standard InChI is InChI=1S/4C19H19N7O6.2Ca.H2O/c4*20-19-25-15-14(17(30)26-19)23-11(8-22-15)7-21-10-3-1-9(2-4-10)16(29)24-12(18(31)32)5-6-13(27)28;;;/h4*1-4,8,12,21H,5-7H2,(H,24,29)(H,27,28)(H,31,32)(H3,20,22,25,26,30);;;1H2/q;;;;2*+2;/p-4/t4*12-;;;/m0000.../s1. The molecular formula is C76H74Ca2N28O25. The summed E-state index contributed by atoms with van der Waals surface area (Å²) in [6, 6.07) is 19.1. The Kier molecular flexibility index (Phi) is 39.2. The number of benzene rings is 4. The Labute approximate surface area is 791 Å². The minimum Gasteiger partial charge on any atom is -0.550 e. The van der Waals surface area contributed by atoms with E-state index in [1.165, 1.54) is 73.3 Å². The number of anilines is 8. The molecular weight excluding hydrogens is 1790 g/mol. The quantitative estimate of drug-likeness (QED) is 0.0162. The summed E-state index contributed by atoms with van der Waals surface area (Å²) in [6.07, 6.45) is 2.65. The molecule has 26 N–H and O–H groups in total. The number of H-pyrrole nitrogens is 4. The third kappa shape index (κ3) is 32.0. The van der Waals surface area contributed by atoms with E-state index in [2.05, 4.69) is 122 Å². The molecule has 131 heavy (non-hydrogen) atoms. The second kappa shape index (κ2) is 49.4. The summed E-state index contributed by atoms with van der Waals surface area (Å²) < 4.78 is 0. The molecule has 12 aromatic rings. The number of aromatic amines is 4. The number of aliphatic carboxylic acids is 8. The predicted octanol–water partition coefficient (Wildman–Crippen LogP) is -7.10. The number of nitrogens with zero attached hydrogens (tertiary/aromatic N) is 12. The zero-order chi connectivity index (χ0) is 93.0. The summed E-state index contributed by atoms with van der Waals surface area (Å²) in [5.74, 6) is -13.8. The van der Waals surface area contributed by atoms with Gasteiger partial charge >= 0.3 is 99.4 Å². The number of hydrogen-bond donors (Lipinski definition) is 20. The average molecular weight is 1860 g/mol. The van der Waals surface area contributed by atoms with Gasteiger partial charge in [0.2, 0.25) is 23.8 Å². The van der Waals surface area contributed by atoms with Crippen molar-refractivity contribution in [2.75, 3.05) is 44.2 Å². The van der Waals surface area contributed by atoms with Gasteiger partial charge in [-0.1, -0.05) is 0 Å². The van der Waals surface area contributed by atoms with Gasteiger partial charge in [0.1, 0.15) is 24.2 Å². The van der Waals surface area contributed by atoms with Crippen molar-refractivity contribution < 1.29 is 104 Å². The Morgan fingerprint density at radius 3 is 0.641 bits per heavy atom. The minimum atomic E-state index is -1.40. The molecule has 4 aromatic carbocycles. The molecule has 0 bridgehead atoms. The number of fused-ring (bicyclic) bond motifs is 4. The van der Waals surface area contributed by atoms with Crippen molar-refractivity contribution in [2.45, 2.75) is 102 Å². The van der Waals surface area contributed by atoms with Gasteiger partial charge in [-0.05, 0) is 148 Å². The number of rotatable bonds is 36. The van der Waals surface area contributed by atoms with Crippen LogP contribution in [0.4, 0.5) is 46.5 Å². The first-order valence-corrected chi connectivity index (χ1v) is 37.3. The van der Waals surface area contributed by atoms with Gasteiger partial charge in [-0.25, -0.2) is 59.0 Å². The fourth-order valence-electron chi connectivity index (χ4n) is 11.0. The van der Waals surface area contributed by atoms with Crippen LogP contribution in [0.3, 0.4) is 0 Å². The molecule has 0 saturated carbocycles.